The van der Waals surface area contributed by atoms with Crippen molar-refractivity contribution in [2.45, 2.75) is 0 Å². The average molecular weight is 501 g/mol. The third-order valence-corrected chi connectivity index (χ3v) is 5.12. The van der Waals surface area contributed by atoms with Crippen LogP contribution in [0.2, 0.25) is 0 Å². The zero-order chi connectivity index (χ0) is 19.6. The molecule has 27 heavy (non-hydrogen) atoms. The molecule has 0 bridgehead atoms. The first kappa shape index (κ1) is 19.6. The molecule has 0 aliphatic carbocycles. The molecule has 0 saturated carbocycles. The monoisotopic (exact) mass is 499 g/mol. The van der Waals surface area contributed by atoms with Gasteiger partial charge in [0.2, 0.25) is 0 Å². The minimum Gasteiger partial charge on any atom is -0.506 e. The molecule has 1 aliphatic heterocycles. The fourth-order valence-electron chi connectivity index (χ4n) is 2.76. The summed E-state index contributed by atoms with van der Waals surface area (Å²) in [7, 11) is 0. The lowest BCUT2D eigenvalue weighted by atomic mass is 10.1. The van der Waals surface area contributed by atoms with Gasteiger partial charge in [-0.1, -0.05) is 15.9 Å². The van der Waals surface area contributed by atoms with Crippen LogP contribution in [0.25, 0.3) is 0 Å². The lowest BCUT2D eigenvalue weighted by Crippen LogP contribution is -2.36. The van der Waals surface area contributed by atoms with E-state index < -0.39 is 10.8 Å². The number of halogens is 2. The van der Waals surface area contributed by atoms with Crippen molar-refractivity contribution in [1.82, 2.24) is 0 Å². The summed E-state index contributed by atoms with van der Waals surface area (Å²) in [5, 5.41) is 24.2. The lowest BCUT2D eigenvalue weighted by molar-refractivity contribution is -0.384. The molecule has 0 atom stereocenters. The molecule has 1 aliphatic rings. The molecule has 142 valence electrons. The van der Waals surface area contributed by atoms with Gasteiger partial charge in [-0.05, 0) is 40.2 Å². The van der Waals surface area contributed by atoms with E-state index in [0.29, 0.717) is 40.9 Å². The molecular formula is C17H15Br2N3O5. The maximum Gasteiger partial charge on any atom is 0.294 e. The number of anilines is 2. The van der Waals surface area contributed by atoms with Crippen LogP contribution >= 0.6 is 31.9 Å². The van der Waals surface area contributed by atoms with E-state index in [-0.39, 0.29) is 22.7 Å². The van der Waals surface area contributed by atoms with Crippen LogP contribution < -0.4 is 10.2 Å². The number of benzene rings is 2. The van der Waals surface area contributed by atoms with E-state index >= 15 is 0 Å². The number of hydrogen-bond donors (Lipinski definition) is 2. The number of nitrogens with one attached hydrogen (secondary N) is 1. The van der Waals surface area contributed by atoms with Crippen LogP contribution in [-0.2, 0) is 4.74 Å². The molecule has 2 N–H and O–H groups in total. The minimum atomic E-state index is -0.581. The van der Waals surface area contributed by atoms with Crippen molar-refractivity contribution in [1.29, 1.82) is 0 Å². The van der Waals surface area contributed by atoms with Crippen LogP contribution in [0, 0.1) is 10.1 Å². The predicted octanol–water partition coefficient (Wildman–Crippen LogP) is 3.91. The highest BCUT2D eigenvalue weighted by Crippen LogP contribution is 2.34. The molecule has 1 amide bonds. The number of carbonyl (C=O) groups is 1. The van der Waals surface area contributed by atoms with E-state index in [0.717, 1.165) is 0 Å². The van der Waals surface area contributed by atoms with Crippen LogP contribution in [0.5, 0.6) is 5.75 Å². The fraction of sp³-hybridized carbons (Fsp3) is 0.235. The maximum atomic E-state index is 12.5. The maximum absolute atomic E-state index is 12.5. The van der Waals surface area contributed by atoms with E-state index in [9.17, 15) is 20.0 Å². The second-order valence-electron chi connectivity index (χ2n) is 5.80. The average Bonchev–Trinajstić information content (AvgIpc) is 2.65. The zero-order valence-electron chi connectivity index (χ0n) is 13.9. The summed E-state index contributed by atoms with van der Waals surface area (Å²) in [6, 6.07) is 7.59. The molecule has 1 saturated heterocycles. The quantitative estimate of drug-likeness (QED) is 0.487. The van der Waals surface area contributed by atoms with E-state index in [2.05, 4.69) is 37.2 Å². The van der Waals surface area contributed by atoms with Gasteiger partial charge in [0.25, 0.3) is 11.6 Å². The molecule has 3 rings (SSSR count). The number of rotatable bonds is 4. The molecule has 0 aromatic heterocycles. The molecule has 1 heterocycles. The smallest absolute Gasteiger partial charge is 0.294 e. The number of amides is 1. The largest absolute Gasteiger partial charge is 0.506 e. The Morgan fingerprint density at radius 2 is 1.93 bits per heavy atom. The molecule has 0 radical (unpaired) electrons. The van der Waals surface area contributed by atoms with Crippen molar-refractivity contribution in [3.63, 3.8) is 0 Å². The highest BCUT2D eigenvalue weighted by Gasteiger charge is 2.23. The second kappa shape index (κ2) is 8.24. The van der Waals surface area contributed by atoms with Gasteiger partial charge in [0.05, 0.1) is 28.2 Å². The number of aromatic hydroxyl groups is 1. The molecule has 8 nitrogen and oxygen atoms in total. The number of ether oxygens (including phenoxy) is 1. The summed E-state index contributed by atoms with van der Waals surface area (Å²) in [6.45, 7) is 2.14. The summed E-state index contributed by atoms with van der Waals surface area (Å²) in [6.07, 6.45) is 0. The van der Waals surface area contributed by atoms with Gasteiger partial charge in [-0.3, -0.25) is 14.9 Å². The highest BCUT2D eigenvalue weighted by atomic mass is 79.9. The molecule has 2 aromatic rings. The lowest BCUT2D eigenvalue weighted by Gasteiger charge is -2.28. The van der Waals surface area contributed by atoms with Crippen LogP contribution in [0.3, 0.4) is 0 Å². The van der Waals surface area contributed by atoms with Crippen molar-refractivity contribution in [3.8, 4) is 5.75 Å². The Morgan fingerprint density at radius 3 is 2.59 bits per heavy atom. The second-order valence-corrected chi connectivity index (χ2v) is 7.57. The van der Waals surface area contributed by atoms with Gasteiger partial charge in [-0.2, -0.15) is 0 Å². The van der Waals surface area contributed by atoms with Crippen LogP contribution in [0.1, 0.15) is 10.4 Å². The number of nitro groups is 1. The number of nitro benzene ring substituents is 1. The first-order valence-electron chi connectivity index (χ1n) is 7.97. The van der Waals surface area contributed by atoms with Crippen molar-refractivity contribution in [3.05, 3.63) is 55.0 Å². The number of morpholine rings is 1. The van der Waals surface area contributed by atoms with E-state index in [1.807, 2.05) is 4.90 Å². The summed E-state index contributed by atoms with van der Waals surface area (Å²) in [5.74, 6) is -0.793. The minimum absolute atomic E-state index is 0.0381. The first-order valence-corrected chi connectivity index (χ1v) is 9.56. The fourth-order valence-corrected chi connectivity index (χ4v) is 3.98. The van der Waals surface area contributed by atoms with Crippen LogP contribution in [0.15, 0.2) is 39.3 Å². The Balaban J connectivity index is 1.88. The molecule has 0 unspecified atom stereocenters. The van der Waals surface area contributed by atoms with Gasteiger partial charge in [0, 0.05) is 29.3 Å². The normalized spacial score (nSPS) is 14.1. The number of nitrogens with zero attached hydrogens (tertiary/aromatic N) is 2. The standard InChI is InChI=1S/C17H15Br2N3O5/c18-10-7-12(16(23)13(19)8-10)17(24)20-11-1-2-14(15(9-11)22(25)26)21-3-5-27-6-4-21/h1-2,7-9,23H,3-6H2,(H,20,24). The summed E-state index contributed by atoms with van der Waals surface area (Å²) in [5.41, 5.74) is 0.680. The van der Waals surface area contributed by atoms with E-state index in [4.69, 9.17) is 4.74 Å². The third-order valence-electron chi connectivity index (χ3n) is 4.05. The Bertz CT molecular complexity index is 900. The Hall–Kier alpha value is -2.17. The molecule has 10 heteroatoms. The van der Waals surface area contributed by atoms with Crippen molar-refractivity contribution < 1.29 is 19.6 Å². The summed E-state index contributed by atoms with van der Waals surface area (Å²) < 4.78 is 6.24. The molecule has 0 spiro atoms. The number of hydrogen-bond acceptors (Lipinski definition) is 6. The first-order chi connectivity index (χ1) is 12.9. The number of carbonyl (C=O) groups excluding carboxylic acids is 1. The van der Waals surface area contributed by atoms with Crippen LogP contribution in [-0.4, -0.2) is 42.2 Å². The summed E-state index contributed by atoms with van der Waals surface area (Å²) in [4.78, 5) is 25.4. The van der Waals surface area contributed by atoms with Crippen molar-refractivity contribution >= 4 is 54.8 Å². The Kier molecular flexibility index (Phi) is 5.98. The highest BCUT2D eigenvalue weighted by molar-refractivity contribution is 9.11. The summed E-state index contributed by atoms with van der Waals surface area (Å²) >= 11 is 6.43. The van der Waals surface area contributed by atoms with Gasteiger partial charge in [0.1, 0.15) is 11.4 Å². The van der Waals surface area contributed by atoms with Gasteiger partial charge in [-0.25, -0.2) is 0 Å². The SMILES string of the molecule is O=C(Nc1ccc(N2CCOCC2)c([N+](=O)[O-])c1)c1cc(Br)cc(Br)c1O. The molecular weight excluding hydrogens is 486 g/mol. The topological polar surface area (TPSA) is 105 Å². The van der Waals surface area contributed by atoms with Gasteiger partial charge < -0.3 is 20.1 Å². The Morgan fingerprint density at radius 1 is 1.22 bits per heavy atom. The zero-order valence-corrected chi connectivity index (χ0v) is 17.1. The van der Waals surface area contributed by atoms with E-state index in [1.165, 1.54) is 12.1 Å². The predicted molar refractivity (Wildman–Crippen MR) is 108 cm³/mol. The molecule has 2 aromatic carbocycles. The van der Waals surface area contributed by atoms with Gasteiger partial charge in [-0.15, -0.1) is 0 Å². The number of phenols is 1. The number of phenolic OH excluding ortho intramolecular Hbond substituents is 1. The molecule has 1 fully saturated rings. The van der Waals surface area contributed by atoms with Gasteiger partial charge in [0.15, 0.2) is 0 Å². The Labute approximate surface area is 171 Å². The third kappa shape index (κ3) is 4.40. The van der Waals surface area contributed by atoms with Crippen LogP contribution in [0.4, 0.5) is 17.1 Å². The van der Waals surface area contributed by atoms with Crippen molar-refractivity contribution in [2.24, 2.45) is 0 Å². The van der Waals surface area contributed by atoms with E-state index in [1.54, 1.807) is 18.2 Å². The van der Waals surface area contributed by atoms with Gasteiger partial charge >= 0.3 is 0 Å². The van der Waals surface area contributed by atoms with Crippen molar-refractivity contribution in [2.75, 3.05) is 36.5 Å².